The number of amides is 2. The van der Waals surface area contributed by atoms with Gasteiger partial charge in [0.15, 0.2) is 22.5 Å². The molecular formula is C25H29N5O4S. The van der Waals surface area contributed by atoms with Crippen molar-refractivity contribution in [3.8, 4) is 11.5 Å². The molecule has 0 saturated carbocycles. The Bertz CT molecular complexity index is 1260. The lowest BCUT2D eigenvalue weighted by atomic mass is 10.0. The van der Waals surface area contributed by atoms with Gasteiger partial charge in [0.25, 0.3) is 5.91 Å². The first-order valence-corrected chi connectivity index (χ1v) is 12.3. The predicted octanol–water partition coefficient (Wildman–Crippen LogP) is 4.02. The van der Waals surface area contributed by atoms with E-state index in [0.29, 0.717) is 28.0 Å². The van der Waals surface area contributed by atoms with Gasteiger partial charge >= 0.3 is 0 Å². The van der Waals surface area contributed by atoms with Gasteiger partial charge in [-0.05, 0) is 55.2 Å². The summed E-state index contributed by atoms with van der Waals surface area (Å²) in [5, 5.41) is 15.2. The number of rotatable bonds is 8. The second-order valence-electron chi connectivity index (χ2n) is 8.75. The van der Waals surface area contributed by atoms with Crippen LogP contribution in [0.1, 0.15) is 47.2 Å². The number of carbonyl (C=O) groups excluding carboxylic acids is 2. The van der Waals surface area contributed by atoms with Crippen LogP contribution in [0.3, 0.4) is 0 Å². The molecule has 9 nitrogen and oxygen atoms in total. The summed E-state index contributed by atoms with van der Waals surface area (Å²) in [7, 11) is 1.84. The maximum absolute atomic E-state index is 13.0. The first-order chi connectivity index (χ1) is 16.7. The van der Waals surface area contributed by atoms with Gasteiger partial charge in [-0.15, -0.1) is 10.2 Å². The molecule has 0 fully saturated rings. The summed E-state index contributed by atoms with van der Waals surface area (Å²) in [6, 6.07) is 10.5. The summed E-state index contributed by atoms with van der Waals surface area (Å²) in [6.45, 7) is 8.15. The summed E-state index contributed by atoms with van der Waals surface area (Å²) in [4.78, 5) is 25.5. The van der Waals surface area contributed by atoms with Crippen LogP contribution >= 0.6 is 11.8 Å². The second-order valence-corrected chi connectivity index (χ2v) is 9.69. The van der Waals surface area contributed by atoms with Crippen LogP contribution in [0, 0.1) is 19.8 Å². The van der Waals surface area contributed by atoms with Gasteiger partial charge in [0, 0.05) is 18.3 Å². The molecule has 0 aliphatic carbocycles. The van der Waals surface area contributed by atoms with Crippen molar-refractivity contribution in [3.63, 3.8) is 0 Å². The van der Waals surface area contributed by atoms with Crippen LogP contribution in [-0.2, 0) is 11.8 Å². The highest BCUT2D eigenvalue weighted by atomic mass is 32.2. The predicted molar refractivity (Wildman–Crippen MR) is 134 cm³/mol. The largest absolute Gasteiger partial charge is 0.454 e. The van der Waals surface area contributed by atoms with Crippen LogP contribution in [0.2, 0.25) is 0 Å². The Hall–Kier alpha value is -3.53. The molecule has 2 N–H and O–H groups in total. The molecule has 35 heavy (non-hydrogen) atoms. The van der Waals surface area contributed by atoms with Crippen LogP contribution in [0.25, 0.3) is 0 Å². The van der Waals surface area contributed by atoms with Crippen LogP contribution in [0.4, 0.5) is 5.69 Å². The average Bonchev–Trinajstić information content (AvgIpc) is 3.44. The normalized spacial score (nSPS) is 13.1. The Morgan fingerprint density at radius 1 is 1.11 bits per heavy atom. The minimum atomic E-state index is -0.372. The minimum Gasteiger partial charge on any atom is -0.454 e. The number of aryl methyl sites for hydroxylation is 1. The topological polar surface area (TPSA) is 107 Å². The molecule has 1 aromatic heterocycles. The van der Waals surface area contributed by atoms with E-state index in [2.05, 4.69) is 20.8 Å². The van der Waals surface area contributed by atoms with Crippen molar-refractivity contribution in [1.82, 2.24) is 20.1 Å². The van der Waals surface area contributed by atoms with E-state index in [-0.39, 0.29) is 36.3 Å². The number of anilines is 1. The van der Waals surface area contributed by atoms with Crippen LogP contribution in [0.5, 0.6) is 11.5 Å². The SMILES string of the molecule is Cc1cccc(NC(=O)CSc2nnc(C(NC(=O)c3ccc4c(c3)OCO4)C(C)C)n2C)c1C. The van der Waals surface area contributed by atoms with E-state index in [9.17, 15) is 9.59 Å². The van der Waals surface area contributed by atoms with Crippen molar-refractivity contribution in [2.24, 2.45) is 13.0 Å². The molecule has 2 aromatic carbocycles. The summed E-state index contributed by atoms with van der Waals surface area (Å²) in [5.41, 5.74) is 3.45. The first kappa shape index (κ1) is 24.6. The Kier molecular flexibility index (Phi) is 7.30. The highest BCUT2D eigenvalue weighted by Gasteiger charge is 2.26. The summed E-state index contributed by atoms with van der Waals surface area (Å²) < 4.78 is 12.5. The van der Waals surface area contributed by atoms with E-state index in [1.807, 2.05) is 57.5 Å². The number of benzene rings is 2. The minimum absolute atomic E-state index is 0.0568. The molecule has 1 atom stereocenters. The zero-order valence-electron chi connectivity index (χ0n) is 20.4. The molecule has 1 aliphatic rings. The number of fused-ring (bicyclic) bond motifs is 1. The summed E-state index contributed by atoms with van der Waals surface area (Å²) in [6.07, 6.45) is 0. The molecule has 2 heterocycles. The number of carbonyl (C=O) groups is 2. The zero-order chi connectivity index (χ0) is 25.1. The number of thioether (sulfide) groups is 1. The molecular weight excluding hydrogens is 466 g/mol. The maximum Gasteiger partial charge on any atom is 0.252 e. The highest BCUT2D eigenvalue weighted by molar-refractivity contribution is 7.99. The molecule has 10 heteroatoms. The van der Waals surface area contributed by atoms with E-state index in [1.165, 1.54) is 11.8 Å². The highest BCUT2D eigenvalue weighted by Crippen LogP contribution is 2.33. The van der Waals surface area contributed by atoms with Gasteiger partial charge in [-0.3, -0.25) is 9.59 Å². The lowest BCUT2D eigenvalue weighted by Gasteiger charge is -2.21. The molecule has 3 aromatic rings. The van der Waals surface area contributed by atoms with E-state index < -0.39 is 0 Å². The van der Waals surface area contributed by atoms with Gasteiger partial charge < -0.3 is 24.7 Å². The molecule has 2 amide bonds. The van der Waals surface area contributed by atoms with E-state index in [0.717, 1.165) is 16.8 Å². The number of hydrogen-bond donors (Lipinski definition) is 2. The van der Waals surface area contributed by atoms with Crippen molar-refractivity contribution < 1.29 is 19.1 Å². The third-order valence-corrected chi connectivity index (χ3v) is 6.97. The van der Waals surface area contributed by atoms with Crippen molar-refractivity contribution in [1.29, 1.82) is 0 Å². The Balaban J connectivity index is 1.42. The lowest BCUT2D eigenvalue weighted by Crippen LogP contribution is -2.33. The van der Waals surface area contributed by atoms with Crippen LogP contribution < -0.4 is 20.1 Å². The van der Waals surface area contributed by atoms with Gasteiger partial charge in [0.1, 0.15) is 0 Å². The average molecular weight is 496 g/mol. The molecule has 4 rings (SSSR count). The van der Waals surface area contributed by atoms with Gasteiger partial charge in [-0.2, -0.15) is 0 Å². The maximum atomic E-state index is 13.0. The molecule has 1 aliphatic heterocycles. The van der Waals surface area contributed by atoms with Crippen molar-refractivity contribution in [2.45, 2.75) is 38.9 Å². The Morgan fingerprint density at radius 3 is 2.66 bits per heavy atom. The van der Waals surface area contributed by atoms with Gasteiger partial charge in [0.2, 0.25) is 12.7 Å². The molecule has 0 bridgehead atoms. The number of nitrogens with one attached hydrogen (secondary N) is 2. The quantitative estimate of drug-likeness (QED) is 0.455. The summed E-state index contributed by atoms with van der Waals surface area (Å²) in [5.74, 6) is 1.67. The molecule has 0 spiro atoms. The monoisotopic (exact) mass is 495 g/mol. The first-order valence-electron chi connectivity index (χ1n) is 11.3. The van der Waals surface area contributed by atoms with Crippen LogP contribution in [0.15, 0.2) is 41.6 Å². The van der Waals surface area contributed by atoms with E-state index in [1.54, 1.807) is 18.2 Å². The fraction of sp³-hybridized carbons (Fsp3) is 0.360. The van der Waals surface area contributed by atoms with Crippen LogP contribution in [-0.4, -0.2) is 39.1 Å². The van der Waals surface area contributed by atoms with Crippen molar-refractivity contribution in [2.75, 3.05) is 17.9 Å². The van der Waals surface area contributed by atoms with Gasteiger partial charge in [0.05, 0.1) is 11.8 Å². The van der Waals surface area contributed by atoms with Crippen molar-refractivity contribution >= 4 is 29.3 Å². The Morgan fingerprint density at radius 2 is 1.89 bits per heavy atom. The number of nitrogens with zero attached hydrogens (tertiary/aromatic N) is 3. The molecule has 0 radical (unpaired) electrons. The number of aromatic nitrogens is 3. The molecule has 0 saturated heterocycles. The molecule has 184 valence electrons. The van der Waals surface area contributed by atoms with Gasteiger partial charge in [-0.25, -0.2) is 0 Å². The zero-order valence-corrected chi connectivity index (χ0v) is 21.2. The smallest absolute Gasteiger partial charge is 0.252 e. The fourth-order valence-corrected chi connectivity index (χ4v) is 4.44. The Labute approximate surface area is 208 Å². The van der Waals surface area contributed by atoms with E-state index in [4.69, 9.17) is 9.47 Å². The lowest BCUT2D eigenvalue weighted by molar-refractivity contribution is -0.113. The van der Waals surface area contributed by atoms with Crippen molar-refractivity contribution in [3.05, 3.63) is 58.9 Å². The fourth-order valence-electron chi connectivity index (χ4n) is 3.72. The molecule has 1 unspecified atom stereocenters. The standard InChI is InChI=1S/C25H29N5O4S/c1-14(2)22(27-24(32)17-9-10-19-20(11-17)34-13-33-19)23-28-29-25(30(23)5)35-12-21(31)26-18-8-6-7-15(3)16(18)4/h6-11,14,22H,12-13H2,1-5H3,(H,26,31)(H,27,32). The van der Waals surface area contributed by atoms with Gasteiger partial charge in [-0.1, -0.05) is 37.7 Å². The number of ether oxygens (including phenoxy) is 2. The second kappa shape index (κ2) is 10.4. The third-order valence-electron chi connectivity index (χ3n) is 5.95. The number of hydrogen-bond acceptors (Lipinski definition) is 7. The third kappa shape index (κ3) is 5.43. The summed E-state index contributed by atoms with van der Waals surface area (Å²) >= 11 is 1.30. The van der Waals surface area contributed by atoms with E-state index >= 15 is 0 Å².